The zero-order valence-corrected chi connectivity index (χ0v) is 12.8. The molecule has 124 valence electrons. The van der Waals surface area contributed by atoms with E-state index < -0.39 is 12.2 Å². The van der Waals surface area contributed by atoms with Crippen molar-refractivity contribution in [1.29, 1.82) is 0 Å². The predicted molar refractivity (Wildman–Crippen MR) is 88.5 cm³/mol. The van der Waals surface area contributed by atoms with Crippen molar-refractivity contribution >= 4 is 16.9 Å². The molecular formula is C17H18N4O3. The Hall–Kier alpha value is -2.64. The molecule has 1 saturated carbocycles. The molecule has 24 heavy (non-hydrogen) atoms. The quantitative estimate of drug-likeness (QED) is 0.561. The molecule has 0 saturated heterocycles. The summed E-state index contributed by atoms with van der Waals surface area (Å²) in [5.41, 5.74) is 7.30. The first kappa shape index (κ1) is 14.9. The van der Waals surface area contributed by atoms with Gasteiger partial charge < -0.3 is 25.6 Å². The number of aliphatic hydroxyl groups excluding tert-OH is 2. The summed E-state index contributed by atoms with van der Waals surface area (Å²) in [6, 6.07) is 8.26. The standard InChI is InChI=1S/C17H18N4O3/c18-16-11-4-5-21(17(11)20-8-19-16)13-7-12(14(23)15(13)24)9-2-1-3-10(22)6-9/h1-6,8,12-15,22-24H,7H2,(H2,18,19,20)/t12-,13-,14-,15+/m1/s1. The average Bonchev–Trinajstić information content (AvgIpc) is 3.11. The van der Waals surface area contributed by atoms with Gasteiger partial charge >= 0.3 is 0 Å². The Morgan fingerprint density at radius 2 is 1.96 bits per heavy atom. The van der Waals surface area contributed by atoms with Crippen LogP contribution in [0.25, 0.3) is 11.0 Å². The van der Waals surface area contributed by atoms with Crippen LogP contribution in [0.5, 0.6) is 5.75 Å². The number of aromatic nitrogens is 3. The number of nitrogens with two attached hydrogens (primary N) is 1. The van der Waals surface area contributed by atoms with Gasteiger partial charge in [0.15, 0.2) is 0 Å². The maximum absolute atomic E-state index is 10.6. The summed E-state index contributed by atoms with van der Waals surface area (Å²) in [5.74, 6) is 0.259. The molecule has 3 aromatic rings. The molecule has 1 fully saturated rings. The van der Waals surface area contributed by atoms with Crippen LogP contribution < -0.4 is 5.73 Å². The number of benzene rings is 1. The van der Waals surface area contributed by atoms with Gasteiger partial charge in [0.2, 0.25) is 0 Å². The van der Waals surface area contributed by atoms with E-state index in [2.05, 4.69) is 9.97 Å². The first-order valence-electron chi connectivity index (χ1n) is 7.78. The van der Waals surface area contributed by atoms with E-state index >= 15 is 0 Å². The van der Waals surface area contributed by atoms with Gasteiger partial charge in [0.1, 0.15) is 29.6 Å². The Morgan fingerprint density at radius 3 is 2.75 bits per heavy atom. The number of nitrogen functional groups attached to an aromatic ring is 1. The molecular weight excluding hydrogens is 308 g/mol. The molecule has 7 nitrogen and oxygen atoms in total. The van der Waals surface area contributed by atoms with Gasteiger partial charge in [0.25, 0.3) is 0 Å². The predicted octanol–water partition coefficient (Wildman–Crippen LogP) is 1.17. The molecule has 1 aliphatic rings. The molecule has 4 atom stereocenters. The number of phenols is 1. The molecule has 0 spiro atoms. The molecule has 4 rings (SSSR count). The van der Waals surface area contributed by atoms with E-state index in [4.69, 9.17) is 5.73 Å². The van der Waals surface area contributed by atoms with Crippen LogP contribution in [-0.4, -0.2) is 42.1 Å². The third-order valence-electron chi connectivity index (χ3n) is 4.85. The SMILES string of the molecule is Nc1ncnc2c1ccn2[C@@H]1C[C@H](c2cccc(O)c2)[C@@H](O)[C@H]1O. The number of rotatable bonds is 2. The van der Waals surface area contributed by atoms with Crippen LogP contribution in [-0.2, 0) is 0 Å². The van der Waals surface area contributed by atoms with E-state index in [9.17, 15) is 15.3 Å². The van der Waals surface area contributed by atoms with E-state index in [0.29, 0.717) is 17.9 Å². The highest BCUT2D eigenvalue weighted by Crippen LogP contribution is 2.43. The van der Waals surface area contributed by atoms with Gasteiger partial charge in [-0.15, -0.1) is 0 Å². The Labute approximate surface area is 138 Å². The number of aromatic hydroxyl groups is 1. The van der Waals surface area contributed by atoms with Crippen LogP contribution >= 0.6 is 0 Å². The highest BCUT2D eigenvalue weighted by molar-refractivity contribution is 5.86. The second kappa shape index (κ2) is 5.47. The lowest BCUT2D eigenvalue weighted by atomic mass is 9.95. The summed E-state index contributed by atoms with van der Waals surface area (Å²) in [6.07, 6.45) is 1.86. The number of nitrogens with zero attached hydrogens (tertiary/aromatic N) is 3. The zero-order chi connectivity index (χ0) is 16.8. The van der Waals surface area contributed by atoms with Crippen molar-refractivity contribution in [3.05, 3.63) is 48.4 Å². The molecule has 1 aromatic carbocycles. The molecule has 2 heterocycles. The molecule has 0 unspecified atom stereocenters. The number of anilines is 1. The van der Waals surface area contributed by atoms with Crippen LogP contribution in [0.15, 0.2) is 42.9 Å². The Morgan fingerprint density at radius 1 is 1.12 bits per heavy atom. The van der Waals surface area contributed by atoms with Gasteiger partial charge in [0.05, 0.1) is 17.5 Å². The molecule has 0 bridgehead atoms. The van der Waals surface area contributed by atoms with Crippen molar-refractivity contribution in [2.24, 2.45) is 0 Å². The summed E-state index contributed by atoms with van der Waals surface area (Å²) in [5, 5.41) is 31.4. The Kier molecular flexibility index (Phi) is 3.40. The van der Waals surface area contributed by atoms with E-state index in [-0.39, 0.29) is 17.7 Å². The smallest absolute Gasteiger partial charge is 0.145 e. The second-order valence-electron chi connectivity index (χ2n) is 6.20. The molecule has 0 radical (unpaired) electrons. The molecule has 7 heteroatoms. The molecule has 5 N–H and O–H groups in total. The topological polar surface area (TPSA) is 117 Å². The van der Waals surface area contributed by atoms with Gasteiger partial charge in [-0.25, -0.2) is 9.97 Å². The van der Waals surface area contributed by atoms with E-state index in [0.717, 1.165) is 10.9 Å². The molecule has 0 aliphatic heterocycles. The van der Waals surface area contributed by atoms with Crippen LogP contribution in [0, 0.1) is 0 Å². The number of hydrogen-bond donors (Lipinski definition) is 4. The van der Waals surface area contributed by atoms with Crippen molar-refractivity contribution in [2.45, 2.75) is 30.6 Å². The van der Waals surface area contributed by atoms with Gasteiger partial charge in [-0.2, -0.15) is 0 Å². The van der Waals surface area contributed by atoms with Crippen LogP contribution in [0.2, 0.25) is 0 Å². The van der Waals surface area contributed by atoms with Crippen LogP contribution in [0.1, 0.15) is 23.9 Å². The number of hydrogen-bond acceptors (Lipinski definition) is 6. The normalized spacial score (nSPS) is 26.9. The van der Waals surface area contributed by atoms with Crippen LogP contribution in [0.3, 0.4) is 0 Å². The molecule has 1 aliphatic carbocycles. The fourth-order valence-corrected chi connectivity index (χ4v) is 3.63. The maximum Gasteiger partial charge on any atom is 0.145 e. The van der Waals surface area contributed by atoms with Gasteiger partial charge in [-0.05, 0) is 30.2 Å². The third-order valence-corrected chi connectivity index (χ3v) is 4.85. The fourth-order valence-electron chi connectivity index (χ4n) is 3.63. The van der Waals surface area contributed by atoms with Crippen molar-refractivity contribution in [3.8, 4) is 5.75 Å². The summed E-state index contributed by atoms with van der Waals surface area (Å²) in [7, 11) is 0. The van der Waals surface area contributed by atoms with Crippen molar-refractivity contribution in [2.75, 3.05) is 5.73 Å². The largest absolute Gasteiger partial charge is 0.508 e. The summed E-state index contributed by atoms with van der Waals surface area (Å²) < 4.78 is 1.84. The van der Waals surface area contributed by atoms with Crippen molar-refractivity contribution < 1.29 is 15.3 Å². The number of fused-ring (bicyclic) bond motifs is 1. The minimum atomic E-state index is -0.941. The average molecular weight is 326 g/mol. The zero-order valence-electron chi connectivity index (χ0n) is 12.8. The van der Waals surface area contributed by atoms with Gasteiger partial charge in [0, 0.05) is 12.1 Å². The lowest BCUT2D eigenvalue weighted by Gasteiger charge is -2.19. The third kappa shape index (κ3) is 2.21. The lowest BCUT2D eigenvalue weighted by Crippen LogP contribution is -2.28. The Bertz CT molecular complexity index is 894. The van der Waals surface area contributed by atoms with Crippen molar-refractivity contribution in [1.82, 2.24) is 14.5 Å². The minimum absolute atomic E-state index is 0.143. The summed E-state index contributed by atoms with van der Waals surface area (Å²) in [4.78, 5) is 8.22. The first-order valence-corrected chi connectivity index (χ1v) is 7.78. The fraction of sp³-hybridized carbons (Fsp3) is 0.294. The molecule has 0 amide bonds. The summed E-state index contributed by atoms with van der Waals surface area (Å²) >= 11 is 0. The Balaban J connectivity index is 1.73. The summed E-state index contributed by atoms with van der Waals surface area (Å²) in [6.45, 7) is 0. The maximum atomic E-state index is 10.6. The van der Waals surface area contributed by atoms with Gasteiger partial charge in [-0.3, -0.25) is 0 Å². The number of aliphatic hydroxyl groups is 2. The van der Waals surface area contributed by atoms with Crippen LogP contribution in [0.4, 0.5) is 5.82 Å². The minimum Gasteiger partial charge on any atom is -0.508 e. The second-order valence-corrected chi connectivity index (χ2v) is 6.20. The van der Waals surface area contributed by atoms with Gasteiger partial charge in [-0.1, -0.05) is 12.1 Å². The number of phenolic OH excluding ortho intramolecular Hbond substituents is 1. The highest BCUT2D eigenvalue weighted by atomic mass is 16.3. The van der Waals surface area contributed by atoms with E-state index in [1.54, 1.807) is 24.4 Å². The van der Waals surface area contributed by atoms with Crippen molar-refractivity contribution in [3.63, 3.8) is 0 Å². The highest BCUT2D eigenvalue weighted by Gasteiger charge is 2.43. The lowest BCUT2D eigenvalue weighted by molar-refractivity contribution is 0.0179. The van der Waals surface area contributed by atoms with E-state index in [1.807, 2.05) is 16.7 Å². The monoisotopic (exact) mass is 326 g/mol. The van der Waals surface area contributed by atoms with E-state index in [1.165, 1.54) is 6.33 Å². The first-order chi connectivity index (χ1) is 11.6. The molecule has 2 aromatic heterocycles.